The van der Waals surface area contributed by atoms with Crippen molar-refractivity contribution in [2.75, 3.05) is 18.6 Å². The van der Waals surface area contributed by atoms with Crippen LogP contribution in [0.25, 0.3) is 0 Å². The van der Waals surface area contributed by atoms with Gasteiger partial charge in [-0.2, -0.15) is 0 Å². The SMILES string of the molecule is CC1CC2CC(C(C)OCCS(C)(=O)=O)(C1)N2C(C)C. The van der Waals surface area contributed by atoms with Crippen LogP contribution in [0.3, 0.4) is 0 Å². The van der Waals surface area contributed by atoms with Gasteiger partial charge in [0.05, 0.1) is 18.5 Å². The van der Waals surface area contributed by atoms with Crippen molar-refractivity contribution in [3.05, 3.63) is 0 Å². The normalized spacial score (nSPS) is 35.9. The van der Waals surface area contributed by atoms with E-state index >= 15 is 0 Å². The fraction of sp³-hybridized carbons (Fsp3) is 1.00. The van der Waals surface area contributed by atoms with Gasteiger partial charge in [0.1, 0.15) is 9.84 Å². The summed E-state index contributed by atoms with van der Waals surface area (Å²) in [6.45, 7) is 9.25. The topological polar surface area (TPSA) is 46.6 Å². The van der Waals surface area contributed by atoms with Crippen molar-refractivity contribution in [3.8, 4) is 0 Å². The summed E-state index contributed by atoms with van der Waals surface area (Å²) in [5, 5.41) is 0. The van der Waals surface area contributed by atoms with Crippen molar-refractivity contribution < 1.29 is 13.2 Å². The lowest BCUT2D eigenvalue weighted by molar-refractivity contribution is -0.204. The number of hydrogen-bond acceptors (Lipinski definition) is 4. The maximum atomic E-state index is 11.2. The summed E-state index contributed by atoms with van der Waals surface area (Å²) in [5.41, 5.74) is 0.133. The van der Waals surface area contributed by atoms with Crippen LogP contribution in [-0.4, -0.2) is 55.7 Å². The van der Waals surface area contributed by atoms with Gasteiger partial charge in [0.25, 0.3) is 0 Å². The zero-order valence-electron chi connectivity index (χ0n) is 13.4. The van der Waals surface area contributed by atoms with Crippen LogP contribution in [0.4, 0.5) is 0 Å². The Morgan fingerprint density at radius 1 is 1.30 bits per heavy atom. The van der Waals surface area contributed by atoms with Gasteiger partial charge in [-0.25, -0.2) is 8.42 Å². The van der Waals surface area contributed by atoms with Gasteiger partial charge >= 0.3 is 0 Å². The van der Waals surface area contributed by atoms with Gasteiger partial charge in [-0.05, 0) is 46.0 Å². The molecular weight excluding hydrogens is 274 g/mol. The maximum absolute atomic E-state index is 11.2. The molecule has 3 fully saturated rings. The summed E-state index contributed by atoms with van der Waals surface area (Å²) in [5.74, 6) is 0.860. The van der Waals surface area contributed by atoms with E-state index in [1.165, 1.54) is 25.5 Å². The highest BCUT2D eigenvalue weighted by Crippen LogP contribution is 2.53. The van der Waals surface area contributed by atoms with Crippen molar-refractivity contribution in [2.45, 2.75) is 70.7 Å². The molecule has 0 aromatic rings. The molecule has 0 aromatic heterocycles. The highest BCUT2D eigenvalue weighted by atomic mass is 32.2. The van der Waals surface area contributed by atoms with Gasteiger partial charge in [0.2, 0.25) is 0 Å². The minimum Gasteiger partial charge on any atom is -0.376 e. The molecule has 2 bridgehead atoms. The van der Waals surface area contributed by atoms with Gasteiger partial charge in [0, 0.05) is 23.9 Å². The van der Waals surface area contributed by atoms with Crippen LogP contribution >= 0.6 is 0 Å². The minimum atomic E-state index is -2.94. The second-order valence-electron chi connectivity index (χ2n) is 7.15. The van der Waals surface area contributed by atoms with Crippen LogP contribution in [0.1, 0.15) is 47.0 Å². The molecule has 1 aliphatic carbocycles. The smallest absolute Gasteiger partial charge is 0.149 e. The molecule has 0 spiro atoms. The summed E-state index contributed by atoms with van der Waals surface area (Å²) in [7, 11) is -2.94. The molecule has 1 saturated carbocycles. The van der Waals surface area contributed by atoms with E-state index in [1.54, 1.807) is 0 Å². The number of fused-ring (bicyclic) bond motifs is 2. The number of nitrogens with zero attached hydrogens (tertiary/aromatic N) is 1. The standard InChI is InChI=1S/C15H29NO3S/c1-11(2)16-14-8-12(3)9-15(16,10-14)13(4)19-6-7-20(5,17)18/h11-14H,6-10H2,1-5H3. The fourth-order valence-electron chi connectivity index (χ4n) is 4.41. The van der Waals surface area contributed by atoms with Gasteiger partial charge in [-0.1, -0.05) is 6.92 Å². The van der Waals surface area contributed by atoms with Crippen molar-refractivity contribution in [1.29, 1.82) is 0 Å². The van der Waals surface area contributed by atoms with E-state index in [0.717, 1.165) is 5.92 Å². The Bertz CT molecular complexity index is 448. The van der Waals surface area contributed by atoms with E-state index in [1.807, 2.05) is 0 Å². The molecule has 0 amide bonds. The predicted molar refractivity (Wildman–Crippen MR) is 81.6 cm³/mol. The van der Waals surface area contributed by atoms with E-state index < -0.39 is 9.84 Å². The Morgan fingerprint density at radius 3 is 2.50 bits per heavy atom. The molecule has 0 N–H and O–H groups in total. The van der Waals surface area contributed by atoms with Gasteiger partial charge in [-0.3, -0.25) is 4.90 Å². The van der Waals surface area contributed by atoms with Crippen molar-refractivity contribution in [2.24, 2.45) is 5.92 Å². The van der Waals surface area contributed by atoms with Gasteiger partial charge in [-0.15, -0.1) is 0 Å². The van der Waals surface area contributed by atoms with E-state index in [2.05, 4.69) is 32.6 Å². The molecule has 4 atom stereocenters. The zero-order valence-corrected chi connectivity index (χ0v) is 14.2. The average Bonchev–Trinajstić information content (AvgIpc) is 2.24. The number of sulfone groups is 1. The summed E-state index contributed by atoms with van der Waals surface area (Å²) < 4.78 is 28.3. The third-order valence-electron chi connectivity index (χ3n) is 5.01. The van der Waals surface area contributed by atoms with Gasteiger partial charge < -0.3 is 4.74 Å². The molecule has 2 heterocycles. The molecule has 4 nitrogen and oxygen atoms in total. The first-order valence-electron chi connectivity index (χ1n) is 7.73. The molecule has 5 heteroatoms. The van der Waals surface area contributed by atoms with Crippen LogP contribution < -0.4 is 0 Å². The summed E-state index contributed by atoms with van der Waals surface area (Å²) >= 11 is 0. The molecule has 3 rings (SSSR count). The predicted octanol–water partition coefficient (Wildman–Crippen LogP) is 2.09. The van der Waals surface area contributed by atoms with Crippen LogP contribution in [0.15, 0.2) is 0 Å². The Kier molecular flexibility index (Phi) is 4.53. The van der Waals surface area contributed by atoms with E-state index in [4.69, 9.17) is 4.74 Å². The Morgan fingerprint density at radius 2 is 1.95 bits per heavy atom. The highest BCUT2D eigenvalue weighted by molar-refractivity contribution is 7.90. The lowest BCUT2D eigenvalue weighted by Crippen LogP contribution is -2.76. The van der Waals surface area contributed by atoms with Crippen molar-refractivity contribution >= 4 is 9.84 Å². The van der Waals surface area contributed by atoms with Crippen molar-refractivity contribution in [3.63, 3.8) is 0 Å². The van der Waals surface area contributed by atoms with E-state index in [9.17, 15) is 8.42 Å². The molecule has 3 aliphatic rings. The second kappa shape index (κ2) is 5.58. The molecule has 2 saturated heterocycles. The first kappa shape index (κ1) is 16.2. The summed E-state index contributed by atoms with van der Waals surface area (Å²) in [6, 6.07) is 1.22. The lowest BCUT2D eigenvalue weighted by Gasteiger charge is -2.67. The van der Waals surface area contributed by atoms with Crippen LogP contribution in [-0.2, 0) is 14.6 Å². The molecule has 0 aromatic carbocycles. The Labute approximate surface area is 123 Å². The van der Waals surface area contributed by atoms with Gasteiger partial charge in [0.15, 0.2) is 0 Å². The third-order valence-corrected chi connectivity index (χ3v) is 5.92. The molecule has 2 aliphatic heterocycles. The number of ether oxygens (including phenoxy) is 1. The molecule has 0 radical (unpaired) electrons. The average molecular weight is 303 g/mol. The van der Waals surface area contributed by atoms with Crippen LogP contribution in [0, 0.1) is 5.92 Å². The zero-order chi connectivity index (χ0) is 15.1. The molecule has 118 valence electrons. The van der Waals surface area contributed by atoms with Crippen LogP contribution in [0.2, 0.25) is 0 Å². The largest absolute Gasteiger partial charge is 0.376 e. The van der Waals surface area contributed by atoms with Crippen molar-refractivity contribution in [1.82, 2.24) is 4.90 Å². The fourth-order valence-corrected chi connectivity index (χ4v) is 4.81. The summed E-state index contributed by atoms with van der Waals surface area (Å²) in [4.78, 5) is 2.61. The summed E-state index contributed by atoms with van der Waals surface area (Å²) in [6.07, 6.45) is 5.03. The Hall–Kier alpha value is -0.130. The number of rotatable bonds is 6. The maximum Gasteiger partial charge on any atom is 0.149 e. The second-order valence-corrected chi connectivity index (χ2v) is 9.41. The van der Waals surface area contributed by atoms with Crippen LogP contribution in [0.5, 0.6) is 0 Å². The monoisotopic (exact) mass is 303 g/mol. The first-order chi connectivity index (χ1) is 9.16. The Balaban J connectivity index is 2.00. The minimum absolute atomic E-state index is 0.102. The quantitative estimate of drug-likeness (QED) is 0.754. The highest BCUT2D eigenvalue weighted by Gasteiger charge is 2.59. The molecular formula is C15H29NO3S. The third kappa shape index (κ3) is 3.04. The lowest BCUT2D eigenvalue weighted by atomic mass is 9.61. The molecule has 20 heavy (non-hydrogen) atoms. The van der Waals surface area contributed by atoms with E-state index in [0.29, 0.717) is 18.7 Å². The van der Waals surface area contributed by atoms with E-state index in [-0.39, 0.29) is 17.4 Å². The molecule has 4 unspecified atom stereocenters. The number of piperidine rings is 1. The number of hydrogen-bond donors (Lipinski definition) is 0. The first-order valence-corrected chi connectivity index (χ1v) is 9.79.